The normalized spacial score (nSPS) is 10.5. The minimum atomic E-state index is -0.245. The highest BCUT2D eigenvalue weighted by atomic mass is 16.2. The Morgan fingerprint density at radius 2 is 1.64 bits per heavy atom. The van der Waals surface area contributed by atoms with Crippen LogP contribution in [0.4, 0.5) is 0 Å². The Morgan fingerprint density at radius 1 is 0.964 bits per heavy atom. The van der Waals surface area contributed by atoms with Crippen LogP contribution in [0, 0.1) is 13.8 Å². The summed E-state index contributed by atoms with van der Waals surface area (Å²) in [7, 11) is 0. The molecule has 0 saturated carbocycles. The van der Waals surface area contributed by atoms with Gasteiger partial charge in [-0.25, -0.2) is 4.98 Å². The fraction of sp³-hybridized carbons (Fsp3) is 0.227. The van der Waals surface area contributed by atoms with E-state index in [0.717, 1.165) is 28.8 Å². The van der Waals surface area contributed by atoms with Crippen LogP contribution in [0.15, 0.2) is 61.2 Å². The van der Waals surface area contributed by atoms with E-state index in [4.69, 9.17) is 0 Å². The highest BCUT2D eigenvalue weighted by molar-refractivity contribution is 5.96. The Balaban J connectivity index is 1.44. The molecule has 0 radical (unpaired) electrons. The van der Waals surface area contributed by atoms with Crippen LogP contribution in [0.1, 0.15) is 32.6 Å². The van der Waals surface area contributed by atoms with Gasteiger partial charge in [0.2, 0.25) is 5.91 Å². The second-order valence-electron chi connectivity index (χ2n) is 6.89. The lowest BCUT2D eigenvalue weighted by molar-refractivity contribution is -0.120. The van der Waals surface area contributed by atoms with Crippen LogP contribution in [0.2, 0.25) is 0 Å². The predicted octanol–water partition coefficient (Wildman–Crippen LogP) is 2.59. The van der Waals surface area contributed by atoms with Gasteiger partial charge in [-0.3, -0.25) is 9.59 Å². The van der Waals surface area contributed by atoms with Gasteiger partial charge in [-0.15, -0.1) is 0 Å². The monoisotopic (exact) mass is 376 g/mol. The van der Waals surface area contributed by atoms with E-state index in [-0.39, 0.29) is 18.4 Å². The van der Waals surface area contributed by atoms with Gasteiger partial charge in [0, 0.05) is 31.0 Å². The first-order valence-corrected chi connectivity index (χ1v) is 9.16. The van der Waals surface area contributed by atoms with Gasteiger partial charge in [0.25, 0.3) is 5.91 Å². The number of carbonyl (C=O) groups excluding carboxylic acids is 2. The smallest absolute Gasteiger partial charge is 0.251 e. The van der Waals surface area contributed by atoms with Crippen LogP contribution in [0.5, 0.6) is 0 Å². The summed E-state index contributed by atoms with van der Waals surface area (Å²) in [5.74, 6) is -0.467. The summed E-state index contributed by atoms with van der Waals surface area (Å²) in [6.45, 7) is 5.01. The van der Waals surface area contributed by atoms with Crippen molar-refractivity contribution in [2.75, 3.05) is 6.54 Å². The van der Waals surface area contributed by atoms with Gasteiger partial charge in [0.1, 0.15) is 0 Å². The minimum absolute atomic E-state index is 0.0511. The lowest BCUT2D eigenvalue weighted by Crippen LogP contribution is -2.36. The quantitative estimate of drug-likeness (QED) is 0.665. The summed E-state index contributed by atoms with van der Waals surface area (Å²) in [5, 5.41) is 5.49. The van der Waals surface area contributed by atoms with Crippen LogP contribution in [0.25, 0.3) is 0 Å². The van der Waals surface area contributed by atoms with Crippen LogP contribution in [0.3, 0.4) is 0 Å². The minimum Gasteiger partial charge on any atom is -0.350 e. The first-order valence-electron chi connectivity index (χ1n) is 9.16. The molecule has 0 aliphatic heterocycles. The second kappa shape index (κ2) is 8.99. The summed E-state index contributed by atoms with van der Waals surface area (Å²) in [5.41, 5.74) is 4.77. The molecule has 0 aliphatic carbocycles. The molecular weight excluding hydrogens is 352 g/mol. The average molecular weight is 376 g/mol. The number of amides is 2. The topological polar surface area (TPSA) is 76.0 Å². The third-order valence-electron chi connectivity index (χ3n) is 4.33. The van der Waals surface area contributed by atoms with Crippen molar-refractivity contribution in [3.63, 3.8) is 0 Å². The molecule has 1 aromatic heterocycles. The number of aromatic nitrogens is 2. The molecule has 0 unspecified atom stereocenters. The summed E-state index contributed by atoms with van der Waals surface area (Å²) < 4.78 is 2.00. The number of carbonyl (C=O) groups is 2. The molecule has 144 valence electrons. The van der Waals surface area contributed by atoms with Crippen LogP contribution in [-0.2, 0) is 17.9 Å². The third-order valence-corrected chi connectivity index (χ3v) is 4.33. The van der Waals surface area contributed by atoms with Crippen LogP contribution < -0.4 is 10.6 Å². The third kappa shape index (κ3) is 5.54. The lowest BCUT2D eigenvalue weighted by atomic mass is 10.1. The number of hydrogen-bond donors (Lipinski definition) is 2. The Kier molecular flexibility index (Phi) is 6.22. The molecule has 2 amide bonds. The number of nitrogens with one attached hydrogen (secondary N) is 2. The van der Waals surface area contributed by atoms with Gasteiger partial charge in [-0.2, -0.15) is 0 Å². The van der Waals surface area contributed by atoms with Gasteiger partial charge in [0.05, 0.1) is 12.9 Å². The summed E-state index contributed by atoms with van der Waals surface area (Å²) in [4.78, 5) is 28.3. The summed E-state index contributed by atoms with van der Waals surface area (Å²) in [6.07, 6.45) is 5.45. The van der Waals surface area contributed by atoms with Crippen molar-refractivity contribution in [2.45, 2.75) is 26.9 Å². The van der Waals surface area contributed by atoms with Gasteiger partial charge in [-0.05, 0) is 37.1 Å². The van der Waals surface area contributed by atoms with Crippen molar-refractivity contribution in [2.24, 2.45) is 0 Å². The zero-order chi connectivity index (χ0) is 19.9. The van der Waals surface area contributed by atoms with Crippen molar-refractivity contribution in [3.8, 4) is 0 Å². The van der Waals surface area contributed by atoms with E-state index >= 15 is 0 Å². The first kappa shape index (κ1) is 19.4. The maximum atomic E-state index is 12.2. The number of benzene rings is 2. The molecule has 3 rings (SSSR count). The van der Waals surface area contributed by atoms with Gasteiger partial charge in [0.15, 0.2) is 0 Å². The fourth-order valence-electron chi connectivity index (χ4n) is 2.99. The molecule has 6 heteroatoms. The van der Waals surface area contributed by atoms with Crippen LogP contribution >= 0.6 is 0 Å². The molecule has 28 heavy (non-hydrogen) atoms. The maximum absolute atomic E-state index is 12.2. The molecule has 0 aliphatic rings. The standard InChI is InChI=1S/C22H24N4O2/c1-16-9-17(2)11-20(10-16)22(28)25-13-21(27)24-12-18-3-5-19(6-4-18)14-26-8-7-23-15-26/h3-11,15H,12-14H2,1-2H3,(H,24,27)(H,25,28). The molecule has 2 aromatic carbocycles. The molecule has 6 nitrogen and oxygen atoms in total. The molecule has 1 heterocycles. The van der Waals surface area contributed by atoms with E-state index in [1.807, 2.05) is 67.1 Å². The van der Waals surface area contributed by atoms with Gasteiger partial charge >= 0.3 is 0 Å². The molecule has 0 atom stereocenters. The maximum Gasteiger partial charge on any atom is 0.251 e. The Morgan fingerprint density at radius 3 is 2.29 bits per heavy atom. The zero-order valence-electron chi connectivity index (χ0n) is 16.1. The Bertz CT molecular complexity index is 927. The number of imidazole rings is 1. The largest absolute Gasteiger partial charge is 0.350 e. The van der Waals surface area contributed by atoms with E-state index in [9.17, 15) is 9.59 Å². The Labute approximate surface area is 164 Å². The SMILES string of the molecule is Cc1cc(C)cc(C(=O)NCC(=O)NCc2ccc(Cn3ccnc3)cc2)c1. The van der Waals surface area contributed by atoms with Gasteiger partial charge < -0.3 is 15.2 Å². The van der Waals surface area contributed by atoms with E-state index in [0.29, 0.717) is 12.1 Å². The summed E-state index contributed by atoms with van der Waals surface area (Å²) in [6, 6.07) is 13.7. The van der Waals surface area contributed by atoms with Crippen molar-refractivity contribution in [3.05, 3.63) is 89.0 Å². The number of aryl methyl sites for hydroxylation is 2. The molecular formula is C22H24N4O2. The molecule has 2 N–H and O–H groups in total. The van der Waals surface area contributed by atoms with E-state index in [1.54, 1.807) is 12.5 Å². The highest BCUT2D eigenvalue weighted by Gasteiger charge is 2.09. The number of hydrogen-bond acceptors (Lipinski definition) is 3. The van der Waals surface area contributed by atoms with Crippen LogP contribution in [-0.4, -0.2) is 27.9 Å². The van der Waals surface area contributed by atoms with Gasteiger partial charge in [-0.1, -0.05) is 41.5 Å². The zero-order valence-corrected chi connectivity index (χ0v) is 16.1. The second-order valence-corrected chi connectivity index (χ2v) is 6.89. The van der Waals surface area contributed by atoms with E-state index in [1.165, 1.54) is 0 Å². The predicted molar refractivity (Wildman–Crippen MR) is 108 cm³/mol. The van der Waals surface area contributed by atoms with E-state index < -0.39 is 0 Å². The molecule has 3 aromatic rings. The van der Waals surface area contributed by atoms with Crippen molar-refractivity contribution < 1.29 is 9.59 Å². The first-order chi connectivity index (χ1) is 13.5. The number of rotatable bonds is 7. The summed E-state index contributed by atoms with van der Waals surface area (Å²) >= 11 is 0. The Hall–Kier alpha value is -3.41. The highest BCUT2D eigenvalue weighted by Crippen LogP contribution is 2.09. The van der Waals surface area contributed by atoms with Crippen molar-refractivity contribution in [1.29, 1.82) is 0 Å². The molecule has 0 fully saturated rings. The van der Waals surface area contributed by atoms with Crippen molar-refractivity contribution >= 4 is 11.8 Å². The van der Waals surface area contributed by atoms with E-state index in [2.05, 4.69) is 15.6 Å². The molecule has 0 bridgehead atoms. The molecule has 0 saturated heterocycles. The fourth-order valence-corrected chi connectivity index (χ4v) is 2.99. The number of nitrogens with zero attached hydrogens (tertiary/aromatic N) is 2. The molecule has 0 spiro atoms. The lowest BCUT2D eigenvalue weighted by Gasteiger charge is -2.09. The van der Waals surface area contributed by atoms with Crippen molar-refractivity contribution in [1.82, 2.24) is 20.2 Å². The average Bonchev–Trinajstić information content (AvgIpc) is 3.18.